The average Bonchev–Trinajstić information content (AvgIpc) is 3.56. The molecule has 1 saturated heterocycles. The van der Waals surface area contributed by atoms with Crippen molar-refractivity contribution in [2.45, 2.75) is 57.7 Å². The lowest BCUT2D eigenvalue weighted by Gasteiger charge is -2.35. The number of thiazole rings is 1. The van der Waals surface area contributed by atoms with E-state index in [9.17, 15) is 10.1 Å². The van der Waals surface area contributed by atoms with Crippen molar-refractivity contribution < 1.29 is 9.53 Å². The van der Waals surface area contributed by atoms with E-state index in [2.05, 4.69) is 53.6 Å². The van der Waals surface area contributed by atoms with E-state index in [0.29, 0.717) is 17.4 Å². The van der Waals surface area contributed by atoms with Crippen LogP contribution >= 0.6 is 11.3 Å². The Bertz CT molecular complexity index is 1350. The maximum absolute atomic E-state index is 13.1. The fraction of sp³-hybridized carbons (Fsp3) is 0.433. The molecule has 1 N–H and O–H groups in total. The zero-order chi connectivity index (χ0) is 26.8. The summed E-state index contributed by atoms with van der Waals surface area (Å²) in [4.78, 5) is 23.1. The monoisotopic (exact) mass is 529 g/mol. The van der Waals surface area contributed by atoms with E-state index in [1.807, 2.05) is 43.1 Å². The smallest absolute Gasteiger partial charge is 0.317 e. The molecule has 1 atom stereocenters. The van der Waals surface area contributed by atoms with Crippen molar-refractivity contribution >= 4 is 17.4 Å². The van der Waals surface area contributed by atoms with Crippen LogP contribution in [0.25, 0.3) is 21.0 Å². The number of nitrogens with zero attached hydrogens (tertiary/aromatic N) is 4. The van der Waals surface area contributed by atoms with Crippen molar-refractivity contribution in [3.8, 4) is 32.8 Å². The number of rotatable bonds is 6. The minimum atomic E-state index is 0.00323. The van der Waals surface area contributed by atoms with Crippen molar-refractivity contribution in [2.24, 2.45) is 0 Å². The molecule has 1 aliphatic heterocycles. The van der Waals surface area contributed by atoms with E-state index in [1.54, 1.807) is 11.3 Å². The van der Waals surface area contributed by atoms with Gasteiger partial charge < -0.3 is 19.9 Å². The van der Waals surface area contributed by atoms with Crippen LogP contribution in [0.2, 0.25) is 0 Å². The molecule has 0 spiro atoms. The molecule has 198 valence electrons. The summed E-state index contributed by atoms with van der Waals surface area (Å²) in [5.41, 5.74) is 5.09. The molecule has 0 radical (unpaired) electrons. The molecule has 7 nitrogen and oxygen atoms in total. The Kier molecular flexibility index (Phi) is 7.68. The molecule has 0 saturated carbocycles. The van der Waals surface area contributed by atoms with Gasteiger partial charge in [-0.3, -0.25) is 0 Å². The quantitative estimate of drug-likeness (QED) is 0.433. The van der Waals surface area contributed by atoms with Crippen molar-refractivity contribution in [1.82, 2.24) is 20.1 Å². The number of likely N-dealkylation sites (tertiary alicyclic amines) is 1. The highest BCUT2D eigenvalue weighted by molar-refractivity contribution is 7.18. The largest absolute Gasteiger partial charge is 0.490 e. The fourth-order valence-electron chi connectivity index (χ4n) is 5.50. The Morgan fingerprint density at radius 3 is 2.71 bits per heavy atom. The third kappa shape index (κ3) is 5.40. The van der Waals surface area contributed by atoms with E-state index in [4.69, 9.17) is 4.74 Å². The van der Waals surface area contributed by atoms with Crippen LogP contribution < -0.4 is 10.1 Å². The van der Waals surface area contributed by atoms with Crippen molar-refractivity contribution in [1.29, 1.82) is 5.26 Å². The van der Waals surface area contributed by atoms with Gasteiger partial charge in [-0.1, -0.05) is 18.2 Å². The molecule has 2 aliphatic rings. The second-order valence-electron chi connectivity index (χ2n) is 10.6. The van der Waals surface area contributed by atoms with Gasteiger partial charge in [0.05, 0.1) is 22.6 Å². The third-order valence-corrected chi connectivity index (χ3v) is 8.61. The highest BCUT2D eigenvalue weighted by Gasteiger charge is 2.30. The minimum Gasteiger partial charge on any atom is -0.490 e. The summed E-state index contributed by atoms with van der Waals surface area (Å²) in [7, 11) is 4.23. The molecule has 8 heteroatoms. The van der Waals surface area contributed by atoms with Gasteiger partial charge in [-0.2, -0.15) is 5.26 Å². The summed E-state index contributed by atoms with van der Waals surface area (Å²) < 4.78 is 5.77. The second kappa shape index (κ2) is 11.1. The Morgan fingerprint density at radius 1 is 1.21 bits per heavy atom. The first-order valence-electron chi connectivity index (χ1n) is 13.3. The number of fused-ring (bicyclic) bond motifs is 1. The lowest BCUT2D eigenvalue weighted by atomic mass is 10.0. The molecule has 3 aromatic rings. The molecule has 0 unspecified atom stereocenters. The zero-order valence-corrected chi connectivity index (χ0v) is 23.3. The number of nitrogens with one attached hydrogen (secondary N) is 1. The summed E-state index contributed by atoms with van der Waals surface area (Å²) in [5, 5.41) is 13.8. The number of urea groups is 1. The van der Waals surface area contributed by atoms with Crippen LogP contribution in [0.1, 0.15) is 55.8 Å². The maximum Gasteiger partial charge on any atom is 0.317 e. The number of amides is 2. The van der Waals surface area contributed by atoms with Gasteiger partial charge in [-0.25, -0.2) is 9.78 Å². The number of hydrogen-bond donors (Lipinski definition) is 1. The van der Waals surface area contributed by atoms with Crippen LogP contribution in [-0.4, -0.2) is 60.1 Å². The standard InChI is InChI=1S/C30H35N5O2S/c1-19(2)37-27-11-8-20(16-21(27)17-31)29-32-18-28(38-29)25-7-5-6-24-23(25)9-10-26(24)33-30(36)35-14-12-22(13-15-35)34(3)4/h5-8,11,16,18-19,22,26H,9-10,12-15H2,1-4H3,(H,33,36)/t26-/m0/s1. The molecule has 1 fully saturated rings. The molecule has 2 aromatic carbocycles. The molecular formula is C30H35N5O2S. The average molecular weight is 530 g/mol. The summed E-state index contributed by atoms with van der Waals surface area (Å²) in [6.45, 7) is 5.50. The Hall–Kier alpha value is -3.41. The van der Waals surface area contributed by atoms with Gasteiger partial charge in [-0.05, 0) is 88.5 Å². The van der Waals surface area contributed by atoms with Crippen LogP contribution in [0.4, 0.5) is 4.79 Å². The van der Waals surface area contributed by atoms with E-state index < -0.39 is 0 Å². The summed E-state index contributed by atoms with van der Waals surface area (Å²) in [6.07, 6.45) is 5.78. The van der Waals surface area contributed by atoms with Crippen molar-refractivity contribution in [3.05, 3.63) is 59.3 Å². The number of hydrogen-bond acceptors (Lipinski definition) is 6. The Balaban J connectivity index is 1.31. The highest BCUT2D eigenvalue weighted by Crippen LogP contribution is 2.41. The van der Waals surface area contributed by atoms with Crippen LogP contribution in [0, 0.1) is 11.3 Å². The summed E-state index contributed by atoms with van der Waals surface area (Å²) in [5.74, 6) is 0.596. The number of ether oxygens (including phenoxy) is 1. The van der Waals surface area contributed by atoms with E-state index >= 15 is 0 Å². The van der Waals surface area contributed by atoms with Crippen LogP contribution in [0.15, 0.2) is 42.6 Å². The van der Waals surface area contributed by atoms with Crippen molar-refractivity contribution in [3.63, 3.8) is 0 Å². The van der Waals surface area contributed by atoms with Gasteiger partial charge in [-0.15, -0.1) is 11.3 Å². The van der Waals surface area contributed by atoms with Gasteiger partial charge in [0.15, 0.2) is 0 Å². The minimum absolute atomic E-state index is 0.00323. The number of aromatic nitrogens is 1. The van der Waals surface area contributed by atoms with Gasteiger partial charge in [0.25, 0.3) is 0 Å². The predicted octanol–water partition coefficient (Wildman–Crippen LogP) is 5.86. The Morgan fingerprint density at radius 2 is 2.00 bits per heavy atom. The summed E-state index contributed by atoms with van der Waals surface area (Å²) in [6, 6.07) is 14.9. The molecule has 1 aromatic heterocycles. The van der Waals surface area contributed by atoms with E-state index in [-0.39, 0.29) is 18.2 Å². The van der Waals surface area contributed by atoms with Crippen LogP contribution in [-0.2, 0) is 6.42 Å². The fourth-order valence-corrected chi connectivity index (χ4v) is 6.47. The number of carbonyl (C=O) groups is 1. The second-order valence-corrected chi connectivity index (χ2v) is 11.6. The molecule has 2 amide bonds. The number of carbonyl (C=O) groups excluding carboxylic acids is 1. The molecular weight excluding hydrogens is 494 g/mol. The van der Waals surface area contributed by atoms with Gasteiger partial charge >= 0.3 is 6.03 Å². The van der Waals surface area contributed by atoms with Crippen LogP contribution in [0.3, 0.4) is 0 Å². The normalized spacial score (nSPS) is 17.5. The zero-order valence-electron chi connectivity index (χ0n) is 22.5. The topological polar surface area (TPSA) is 81.5 Å². The molecule has 2 heterocycles. The first kappa shape index (κ1) is 26.2. The number of benzene rings is 2. The van der Waals surface area contributed by atoms with E-state index in [0.717, 1.165) is 54.2 Å². The predicted molar refractivity (Wildman–Crippen MR) is 151 cm³/mol. The van der Waals surface area contributed by atoms with Gasteiger partial charge in [0, 0.05) is 30.9 Å². The first-order valence-corrected chi connectivity index (χ1v) is 14.2. The number of nitriles is 1. The Labute approximate surface area is 229 Å². The molecule has 38 heavy (non-hydrogen) atoms. The molecule has 5 rings (SSSR count). The lowest BCUT2D eigenvalue weighted by Crippen LogP contribution is -2.48. The van der Waals surface area contributed by atoms with Crippen LogP contribution in [0.5, 0.6) is 5.75 Å². The van der Waals surface area contributed by atoms with E-state index in [1.165, 1.54) is 16.7 Å². The van der Waals surface area contributed by atoms with Crippen molar-refractivity contribution in [2.75, 3.05) is 27.2 Å². The highest BCUT2D eigenvalue weighted by atomic mass is 32.1. The first-order chi connectivity index (χ1) is 18.3. The third-order valence-electron chi connectivity index (χ3n) is 7.53. The number of piperidine rings is 1. The maximum atomic E-state index is 13.1. The van der Waals surface area contributed by atoms with Gasteiger partial charge in [0.1, 0.15) is 16.8 Å². The molecule has 0 bridgehead atoms. The van der Waals surface area contributed by atoms with Gasteiger partial charge in [0.2, 0.25) is 0 Å². The molecule has 1 aliphatic carbocycles. The lowest BCUT2D eigenvalue weighted by molar-refractivity contribution is 0.146. The summed E-state index contributed by atoms with van der Waals surface area (Å²) >= 11 is 1.62. The SMILES string of the molecule is CC(C)Oc1ccc(-c2ncc(-c3cccc4c3CC[C@@H]4NC(=O)N3CCC(N(C)C)CC3)s2)cc1C#N.